The maximum absolute atomic E-state index is 13.1. The highest BCUT2D eigenvalue weighted by Gasteiger charge is 2.25. The van der Waals surface area contributed by atoms with E-state index in [1.807, 2.05) is 36.9 Å². The highest BCUT2D eigenvalue weighted by molar-refractivity contribution is 6.33. The summed E-state index contributed by atoms with van der Waals surface area (Å²) in [5, 5.41) is 4.81. The number of pyridine rings is 2. The number of carbonyl (C=O) groups excluding carboxylic acids is 1. The number of hydrogen-bond acceptors (Lipinski definition) is 5. The number of amides is 1. The first kappa shape index (κ1) is 19.5. The number of piperazine rings is 1. The molecular formula is C21H23ClN6O. The lowest BCUT2D eigenvalue weighted by atomic mass is 10.2. The van der Waals surface area contributed by atoms with E-state index < -0.39 is 0 Å². The van der Waals surface area contributed by atoms with Gasteiger partial charge in [-0.05, 0) is 49.7 Å². The van der Waals surface area contributed by atoms with Gasteiger partial charge in [-0.25, -0.2) is 9.67 Å². The van der Waals surface area contributed by atoms with Crippen molar-refractivity contribution in [2.24, 2.45) is 0 Å². The molecule has 0 aromatic carbocycles. The third kappa shape index (κ3) is 4.31. The number of halogens is 1. The van der Waals surface area contributed by atoms with Crippen LogP contribution in [0.15, 0.2) is 42.7 Å². The molecule has 1 saturated heterocycles. The monoisotopic (exact) mass is 410 g/mol. The van der Waals surface area contributed by atoms with Crippen molar-refractivity contribution in [3.63, 3.8) is 0 Å². The van der Waals surface area contributed by atoms with Gasteiger partial charge in [0.25, 0.3) is 5.91 Å². The Balaban J connectivity index is 1.46. The second kappa shape index (κ2) is 8.31. The van der Waals surface area contributed by atoms with Crippen molar-refractivity contribution < 1.29 is 4.79 Å². The van der Waals surface area contributed by atoms with E-state index in [0.717, 1.165) is 31.0 Å². The van der Waals surface area contributed by atoms with Crippen molar-refractivity contribution in [1.82, 2.24) is 29.5 Å². The summed E-state index contributed by atoms with van der Waals surface area (Å²) in [7, 11) is 0. The average Bonchev–Trinajstić information content (AvgIpc) is 3.07. The maximum Gasteiger partial charge on any atom is 0.274 e. The first-order chi connectivity index (χ1) is 14.0. The van der Waals surface area contributed by atoms with Crippen molar-refractivity contribution in [2.75, 3.05) is 26.2 Å². The second-order valence-electron chi connectivity index (χ2n) is 7.26. The number of nitrogens with zero attached hydrogens (tertiary/aromatic N) is 6. The molecular weight excluding hydrogens is 388 g/mol. The normalized spacial score (nSPS) is 14.9. The van der Waals surface area contributed by atoms with Crippen LogP contribution >= 0.6 is 11.6 Å². The minimum atomic E-state index is -0.137. The van der Waals surface area contributed by atoms with Gasteiger partial charge < -0.3 is 4.90 Å². The summed E-state index contributed by atoms with van der Waals surface area (Å²) < 4.78 is 1.73. The standard InChI is InChI=1S/C21H23ClN6O/c1-15-13-16(2)28(25-15)19-4-3-18(22)20(24-19)21(29)27-11-9-26(10-12-27)14-17-5-7-23-8-6-17/h3-8,13H,9-12,14H2,1-2H3. The van der Waals surface area contributed by atoms with E-state index in [2.05, 4.69) is 20.0 Å². The van der Waals surface area contributed by atoms with Crippen LogP contribution in [0.25, 0.3) is 5.82 Å². The Hall–Kier alpha value is -2.77. The van der Waals surface area contributed by atoms with Gasteiger partial charge in [0.05, 0.1) is 10.7 Å². The molecule has 4 rings (SSSR count). The molecule has 1 aliphatic rings. The number of aryl methyl sites for hydroxylation is 2. The lowest BCUT2D eigenvalue weighted by Gasteiger charge is -2.34. The van der Waals surface area contributed by atoms with E-state index in [1.54, 1.807) is 29.2 Å². The molecule has 0 saturated carbocycles. The smallest absolute Gasteiger partial charge is 0.274 e. The molecule has 1 fully saturated rings. The molecule has 1 aliphatic heterocycles. The first-order valence-corrected chi connectivity index (χ1v) is 10.00. The number of rotatable bonds is 4. The molecule has 8 heteroatoms. The Bertz CT molecular complexity index is 1010. The summed E-state index contributed by atoms with van der Waals surface area (Å²) in [6.07, 6.45) is 3.61. The lowest BCUT2D eigenvalue weighted by Crippen LogP contribution is -2.48. The van der Waals surface area contributed by atoms with E-state index in [1.165, 1.54) is 5.56 Å². The molecule has 1 amide bonds. The number of aromatic nitrogens is 4. The summed E-state index contributed by atoms with van der Waals surface area (Å²) in [6, 6.07) is 9.51. The minimum absolute atomic E-state index is 0.137. The Morgan fingerprint density at radius 1 is 1.07 bits per heavy atom. The highest BCUT2D eigenvalue weighted by atomic mass is 35.5. The molecule has 4 heterocycles. The van der Waals surface area contributed by atoms with Crippen molar-refractivity contribution in [3.8, 4) is 5.82 Å². The Morgan fingerprint density at radius 3 is 2.45 bits per heavy atom. The average molecular weight is 411 g/mol. The second-order valence-corrected chi connectivity index (χ2v) is 7.67. The first-order valence-electron chi connectivity index (χ1n) is 9.62. The summed E-state index contributed by atoms with van der Waals surface area (Å²) in [5.74, 6) is 0.460. The molecule has 3 aromatic heterocycles. The summed E-state index contributed by atoms with van der Waals surface area (Å²) in [6.45, 7) is 7.65. The fourth-order valence-electron chi connectivity index (χ4n) is 3.57. The van der Waals surface area contributed by atoms with Gasteiger partial charge in [-0.1, -0.05) is 11.6 Å². The van der Waals surface area contributed by atoms with Gasteiger partial charge in [0.1, 0.15) is 5.69 Å². The lowest BCUT2D eigenvalue weighted by molar-refractivity contribution is 0.0623. The van der Waals surface area contributed by atoms with Crippen LogP contribution in [-0.2, 0) is 6.54 Å². The van der Waals surface area contributed by atoms with Gasteiger partial charge >= 0.3 is 0 Å². The van der Waals surface area contributed by atoms with Gasteiger partial charge in [-0.3, -0.25) is 14.7 Å². The zero-order chi connectivity index (χ0) is 20.4. The predicted molar refractivity (Wildman–Crippen MR) is 111 cm³/mol. The topological polar surface area (TPSA) is 67.2 Å². The molecule has 0 bridgehead atoms. The fourth-order valence-corrected chi connectivity index (χ4v) is 3.75. The summed E-state index contributed by atoms with van der Waals surface area (Å²) >= 11 is 6.32. The summed E-state index contributed by atoms with van der Waals surface area (Å²) in [4.78, 5) is 25.8. The van der Waals surface area contributed by atoms with E-state index in [0.29, 0.717) is 23.9 Å². The quantitative estimate of drug-likeness (QED) is 0.661. The molecule has 7 nitrogen and oxygen atoms in total. The number of hydrogen-bond donors (Lipinski definition) is 0. The van der Waals surface area contributed by atoms with Crippen LogP contribution in [0.1, 0.15) is 27.4 Å². The van der Waals surface area contributed by atoms with E-state index in [4.69, 9.17) is 11.6 Å². The van der Waals surface area contributed by atoms with Crippen LogP contribution in [0.3, 0.4) is 0 Å². The molecule has 0 N–H and O–H groups in total. The van der Waals surface area contributed by atoms with Crippen molar-refractivity contribution in [3.05, 3.63) is 70.4 Å². The SMILES string of the molecule is Cc1cc(C)n(-c2ccc(Cl)c(C(=O)N3CCN(Cc4ccncc4)CC3)n2)n1. The molecule has 3 aromatic rings. The third-order valence-electron chi connectivity index (χ3n) is 5.08. The third-order valence-corrected chi connectivity index (χ3v) is 5.38. The molecule has 0 aliphatic carbocycles. The van der Waals surface area contributed by atoms with E-state index >= 15 is 0 Å². The largest absolute Gasteiger partial charge is 0.335 e. The molecule has 29 heavy (non-hydrogen) atoms. The van der Waals surface area contributed by atoms with Gasteiger partial charge in [-0.2, -0.15) is 5.10 Å². The van der Waals surface area contributed by atoms with Crippen molar-refractivity contribution in [1.29, 1.82) is 0 Å². The van der Waals surface area contributed by atoms with Crippen molar-refractivity contribution >= 4 is 17.5 Å². The van der Waals surface area contributed by atoms with E-state index in [-0.39, 0.29) is 11.6 Å². The van der Waals surface area contributed by atoms with Crippen LogP contribution in [-0.4, -0.2) is 61.6 Å². The maximum atomic E-state index is 13.1. The van der Waals surface area contributed by atoms with Gasteiger partial charge in [0.2, 0.25) is 0 Å². The molecule has 0 radical (unpaired) electrons. The zero-order valence-corrected chi connectivity index (χ0v) is 17.3. The van der Waals surface area contributed by atoms with Gasteiger partial charge in [0, 0.05) is 50.8 Å². The van der Waals surface area contributed by atoms with Crippen LogP contribution in [0.2, 0.25) is 5.02 Å². The van der Waals surface area contributed by atoms with Crippen molar-refractivity contribution in [2.45, 2.75) is 20.4 Å². The number of carbonyl (C=O) groups is 1. The fraction of sp³-hybridized carbons (Fsp3) is 0.333. The van der Waals surface area contributed by atoms with Crippen LogP contribution in [0.5, 0.6) is 0 Å². The predicted octanol–water partition coefficient (Wildman–Crippen LogP) is 2.89. The molecule has 0 unspecified atom stereocenters. The van der Waals surface area contributed by atoms with Crippen LogP contribution in [0, 0.1) is 13.8 Å². The minimum Gasteiger partial charge on any atom is -0.335 e. The van der Waals surface area contributed by atoms with Gasteiger partial charge in [0.15, 0.2) is 5.82 Å². The zero-order valence-electron chi connectivity index (χ0n) is 16.5. The Morgan fingerprint density at radius 2 is 1.79 bits per heavy atom. The molecule has 0 atom stereocenters. The van der Waals surface area contributed by atoms with Crippen LogP contribution < -0.4 is 0 Å². The highest BCUT2D eigenvalue weighted by Crippen LogP contribution is 2.20. The van der Waals surface area contributed by atoms with Crippen LogP contribution in [0.4, 0.5) is 0 Å². The molecule has 0 spiro atoms. The Labute approximate surface area is 174 Å². The van der Waals surface area contributed by atoms with E-state index in [9.17, 15) is 4.79 Å². The Kier molecular flexibility index (Phi) is 5.60. The summed E-state index contributed by atoms with van der Waals surface area (Å²) in [5.41, 5.74) is 3.36. The molecule has 150 valence electrons. The van der Waals surface area contributed by atoms with Gasteiger partial charge in [-0.15, -0.1) is 0 Å².